The van der Waals surface area contributed by atoms with E-state index in [1.54, 1.807) is 31.4 Å². The normalized spacial score (nSPS) is 9.92. The van der Waals surface area contributed by atoms with Crippen molar-refractivity contribution in [2.75, 3.05) is 7.11 Å². The second kappa shape index (κ2) is 4.54. The number of benzene rings is 1. The number of halogens is 1. The Morgan fingerprint density at radius 1 is 1.54 bits per heavy atom. The Labute approximate surface area is 82.0 Å². The highest BCUT2D eigenvalue weighted by atomic mass is 35.5. The number of methoxy groups -OCH3 is 1. The van der Waals surface area contributed by atoms with E-state index in [1.165, 1.54) is 6.08 Å². The maximum absolute atomic E-state index is 8.31. The van der Waals surface area contributed by atoms with Crippen LogP contribution in [0.1, 0.15) is 5.56 Å². The number of ether oxygens (including phenoxy) is 1. The Hall–Kier alpha value is -1.46. The zero-order valence-corrected chi connectivity index (χ0v) is 7.88. The van der Waals surface area contributed by atoms with Crippen LogP contribution < -0.4 is 4.74 Å². The van der Waals surface area contributed by atoms with E-state index in [4.69, 9.17) is 21.6 Å². The summed E-state index contributed by atoms with van der Waals surface area (Å²) < 4.78 is 4.98. The standard InChI is InChI=1S/C10H8ClNO/c1-13-9-5-4-8(3-2-6-12)10(11)7-9/h2-5,7H,1H3. The summed E-state index contributed by atoms with van der Waals surface area (Å²) in [6.07, 6.45) is 3.04. The largest absolute Gasteiger partial charge is 0.497 e. The van der Waals surface area contributed by atoms with Gasteiger partial charge < -0.3 is 4.74 Å². The van der Waals surface area contributed by atoms with E-state index in [0.717, 1.165) is 5.56 Å². The van der Waals surface area contributed by atoms with Gasteiger partial charge in [-0.05, 0) is 29.8 Å². The third kappa shape index (κ3) is 2.50. The van der Waals surface area contributed by atoms with Gasteiger partial charge in [0.1, 0.15) is 5.75 Å². The van der Waals surface area contributed by atoms with Crippen LogP contribution in [0.25, 0.3) is 6.08 Å². The quantitative estimate of drug-likeness (QED) is 0.677. The summed E-state index contributed by atoms with van der Waals surface area (Å²) in [7, 11) is 1.58. The molecule has 0 radical (unpaired) electrons. The Balaban J connectivity index is 3.00. The molecule has 0 saturated heterocycles. The van der Waals surface area contributed by atoms with Gasteiger partial charge in [0.25, 0.3) is 0 Å². The summed E-state index contributed by atoms with van der Waals surface area (Å²) in [5.74, 6) is 0.708. The van der Waals surface area contributed by atoms with Crippen molar-refractivity contribution in [2.24, 2.45) is 0 Å². The number of hydrogen-bond donors (Lipinski definition) is 0. The van der Waals surface area contributed by atoms with Crippen LogP contribution in [0.15, 0.2) is 24.3 Å². The first-order chi connectivity index (χ1) is 6.27. The number of hydrogen-bond acceptors (Lipinski definition) is 2. The molecule has 13 heavy (non-hydrogen) atoms. The van der Waals surface area contributed by atoms with Crippen LogP contribution in [0.5, 0.6) is 5.75 Å². The van der Waals surface area contributed by atoms with Crippen LogP contribution >= 0.6 is 11.6 Å². The molecule has 0 aliphatic rings. The second-order valence-corrected chi connectivity index (χ2v) is 2.76. The van der Waals surface area contributed by atoms with Gasteiger partial charge in [0, 0.05) is 6.08 Å². The van der Waals surface area contributed by atoms with Crippen LogP contribution in [0.4, 0.5) is 0 Å². The van der Waals surface area contributed by atoms with Crippen molar-refractivity contribution < 1.29 is 4.74 Å². The zero-order chi connectivity index (χ0) is 9.68. The first kappa shape index (κ1) is 9.63. The number of nitriles is 1. The molecule has 0 N–H and O–H groups in total. The van der Waals surface area contributed by atoms with E-state index in [1.807, 2.05) is 6.07 Å². The lowest BCUT2D eigenvalue weighted by molar-refractivity contribution is 0.415. The molecule has 0 fully saturated rings. The van der Waals surface area contributed by atoms with Crippen molar-refractivity contribution in [3.05, 3.63) is 34.9 Å². The van der Waals surface area contributed by atoms with Crippen LogP contribution in [-0.4, -0.2) is 7.11 Å². The summed E-state index contributed by atoms with van der Waals surface area (Å²) in [6, 6.07) is 7.20. The van der Waals surface area contributed by atoms with E-state index in [9.17, 15) is 0 Å². The first-order valence-electron chi connectivity index (χ1n) is 3.67. The molecule has 0 aliphatic heterocycles. The molecule has 0 saturated carbocycles. The van der Waals surface area contributed by atoms with Gasteiger partial charge in [-0.1, -0.05) is 11.6 Å². The minimum absolute atomic E-state index is 0.575. The van der Waals surface area contributed by atoms with Gasteiger partial charge in [0.2, 0.25) is 0 Å². The third-order valence-electron chi connectivity index (χ3n) is 1.55. The van der Waals surface area contributed by atoms with E-state index >= 15 is 0 Å². The maximum atomic E-state index is 8.31. The van der Waals surface area contributed by atoms with Crippen LogP contribution in [0.3, 0.4) is 0 Å². The highest BCUT2D eigenvalue weighted by Crippen LogP contribution is 2.23. The Bertz CT molecular complexity index is 366. The van der Waals surface area contributed by atoms with E-state index in [2.05, 4.69) is 0 Å². The molecule has 0 bridgehead atoms. The predicted octanol–water partition coefficient (Wildman–Crippen LogP) is 2.89. The summed E-state index contributed by atoms with van der Waals surface area (Å²) >= 11 is 5.90. The van der Waals surface area contributed by atoms with Gasteiger partial charge in [0.05, 0.1) is 18.2 Å². The predicted molar refractivity (Wildman–Crippen MR) is 52.7 cm³/mol. The average Bonchev–Trinajstić information content (AvgIpc) is 2.16. The van der Waals surface area contributed by atoms with Crippen LogP contribution in [-0.2, 0) is 0 Å². The number of rotatable bonds is 2. The molecule has 0 amide bonds. The molecule has 1 aromatic rings. The van der Waals surface area contributed by atoms with E-state index in [-0.39, 0.29) is 0 Å². The van der Waals surface area contributed by atoms with Crippen LogP contribution in [0, 0.1) is 11.3 Å². The molecule has 0 heterocycles. The van der Waals surface area contributed by atoms with Gasteiger partial charge in [0.15, 0.2) is 0 Å². The summed E-state index contributed by atoms with van der Waals surface area (Å²) in [5, 5.41) is 8.89. The van der Waals surface area contributed by atoms with Crippen molar-refractivity contribution in [1.29, 1.82) is 5.26 Å². The lowest BCUT2D eigenvalue weighted by Crippen LogP contribution is -1.83. The molecule has 0 spiro atoms. The molecule has 0 atom stereocenters. The molecular weight excluding hydrogens is 186 g/mol. The smallest absolute Gasteiger partial charge is 0.120 e. The molecule has 1 rings (SSSR count). The van der Waals surface area contributed by atoms with Gasteiger partial charge in [-0.2, -0.15) is 5.26 Å². The minimum Gasteiger partial charge on any atom is -0.497 e. The molecule has 1 aromatic carbocycles. The van der Waals surface area contributed by atoms with Crippen molar-refractivity contribution in [3.8, 4) is 11.8 Å². The second-order valence-electron chi connectivity index (χ2n) is 2.35. The van der Waals surface area contributed by atoms with Crippen molar-refractivity contribution in [3.63, 3.8) is 0 Å². The first-order valence-corrected chi connectivity index (χ1v) is 4.05. The van der Waals surface area contributed by atoms with Gasteiger partial charge >= 0.3 is 0 Å². The van der Waals surface area contributed by atoms with Crippen molar-refractivity contribution >= 4 is 17.7 Å². The topological polar surface area (TPSA) is 33.0 Å². The van der Waals surface area contributed by atoms with Crippen LogP contribution in [0.2, 0.25) is 5.02 Å². The Morgan fingerprint density at radius 3 is 2.85 bits per heavy atom. The van der Waals surface area contributed by atoms with Crippen molar-refractivity contribution in [1.82, 2.24) is 0 Å². The summed E-state index contributed by atoms with van der Waals surface area (Å²) in [4.78, 5) is 0. The molecule has 0 unspecified atom stereocenters. The molecule has 3 heteroatoms. The fourth-order valence-corrected chi connectivity index (χ4v) is 1.13. The molecule has 2 nitrogen and oxygen atoms in total. The Kier molecular flexibility index (Phi) is 3.36. The highest BCUT2D eigenvalue weighted by Gasteiger charge is 1.97. The van der Waals surface area contributed by atoms with Gasteiger partial charge in [-0.25, -0.2) is 0 Å². The van der Waals surface area contributed by atoms with Gasteiger partial charge in [-0.3, -0.25) is 0 Å². The molecule has 0 aromatic heterocycles. The molecular formula is C10H8ClNO. The van der Waals surface area contributed by atoms with Gasteiger partial charge in [-0.15, -0.1) is 0 Å². The average molecular weight is 194 g/mol. The lowest BCUT2D eigenvalue weighted by Gasteiger charge is -2.01. The highest BCUT2D eigenvalue weighted by molar-refractivity contribution is 6.32. The molecule has 0 aliphatic carbocycles. The number of allylic oxidation sites excluding steroid dienone is 1. The van der Waals surface area contributed by atoms with E-state index in [0.29, 0.717) is 10.8 Å². The Morgan fingerprint density at radius 2 is 2.31 bits per heavy atom. The molecule has 66 valence electrons. The third-order valence-corrected chi connectivity index (χ3v) is 1.87. The number of nitrogens with zero attached hydrogens (tertiary/aromatic N) is 1. The van der Waals surface area contributed by atoms with Crippen molar-refractivity contribution in [2.45, 2.75) is 0 Å². The fraction of sp³-hybridized carbons (Fsp3) is 0.100. The summed E-state index contributed by atoms with van der Waals surface area (Å²) in [6.45, 7) is 0. The zero-order valence-electron chi connectivity index (χ0n) is 7.12. The summed E-state index contributed by atoms with van der Waals surface area (Å²) in [5.41, 5.74) is 0.809. The minimum atomic E-state index is 0.575. The monoisotopic (exact) mass is 193 g/mol. The SMILES string of the molecule is COc1ccc(C=CC#N)c(Cl)c1. The lowest BCUT2D eigenvalue weighted by atomic mass is 10.2. The maximum Gasteiger partial charge on any atom is 0.120 e. The fourth-order valence-electron chi connectivity index (χ4n) is 0.897. The van der Waals surface area contributed by atoms with E-state index < -0.39 is 0 Å².